The van der Waals surface area contributed by atoms with Crippen molar-refractivity contribution in [3.63, 3.8) is 0 Å². The van der Waals surface area contributed by atoms with Crippen molar-refractivity contribution < 1.29 is 8.42 Å². The Bertz CT molecular complexity index is 523. The van der Waals surface area contributed by atoms with Crippen LogP contribution in [0, 0.1) is 11.3 Å². The van der Waals surface area contributed by atoms with E-state index in [0.717, 1.165) is 12.6 Å². The van der Waals surface area contributed by atoms with Gasteiger partial charge in [0, 0.05) is 6.26 Å². The number of sulfone groups is 1. The van der Waals surface area contributed by atoms with Gasteiger partial charge in [0.25, 0.3) is 5.56 Å². The molecule has 68 valence electrons. The Labute approximate surface area is 73.8 Å². The molecule has 0 aromatic carbocycles. The second-order valence-corrected chi connectivity index (χ2v) is 4.23. The Hall–Kier alpha value is -1.68. The van der Waals surface area contributed by atoms with E-state index in [1.165, 1.54) is 6.07 Å². The van der Waals surface area contributed by atoms with Crippen molar-refractivity contribution in [2.45, 2.75) is 5.03 Å². The number of nitriles is 1. The fourth-order valence-corrected chi connectivity index (χ4v) is 1.52. The average molecular weight is 199 g/mol. The van der Waals surface area contributed by atoms with Crippen molar-refractivity contribution in [2.24, 2.45) is 0 Å². The van der Waals surface area contributed by atoms with E-state index >= 15 is 0 Å². The number of nitrogens with one attached hydrogen (secondary N) is 1. The van der Waals surface area contributed by atoms with Crippen molar-refractivity contribution in [3.05, 3.63) is 22.2 Å². The van der Waals surface area contributed by atoms with Crippen LogP contribution in [0.4, 0.5) is 0 Å². The van der Waals surface area contributed by atoms with Crippen molar-refractivity contribution in [3.8, 4) is 6.07 Å². The molecule has 0 saturated carbocycles. The summed E-state index contributed by atoms with van der Waals surface area (Å²) in [6, 6.07) is 1.48. The SMILES string of the molecule is CS(=O)(=O)c1nc[nH]c(=O)c1C#N. The highest BCUT2D eigenvalue weighted by Gasteiger charge is 2.17. The number of nitrogens with zero attached hydrogens (tertiary/aromatic N) is 2. The Balaban J connectivity index is 3.69. The zero-order chi connectivity index (χ0) is 10.1. The summed E-state index contributed by atoms with van der Waals surface area (Å²) in [5, 5.41) is 8.00. The van der Waals surface area contributed by atoms with Crippen LogP contribution < -0.4 is 5.56 Å². The summed E-state index contributed by atoms with van der Waals surface area (Å²) in [5.74, 6) is 0. The Morgan fingerprint density at radius 2 is 2.23 bits per heavy atom. The molecule has 0 unspecified atom stereocenters. The average Bonchev–Trinajstić information content (AvgIpc) is 2.02. The Kier molecular flexibility index (Phi) is 2.16. The number of aromatic amines is 1. The minimum absolute atomic E-state index is 0.481. The van der Waals surface area contributed by atoms with Gasteiger partial charge in [0.2, 0.25) is 0 Å². The molecule has 0 spiro atoms. The summed E-state index contributed by atoms with van der Waals surface area (Å²) in [7, 11) is -3.62. The highest BCUT2D eigenvalue weighted by molar-refractivity contribution is 7.90. The smallest absolute Gasteiger partial charge is 0.270 e. The maximum Gasteiger partial charge on any atom is 0.270 e. The molecule has 0 radical (unpaired) electrons. The summed E-state index contributed by atoms with van der Waals surface area (Å²) < 4.78 is 22.0. The topological polar surface area (TPSA) is 104 Å². The van der Waals surface area contributed by atoms with Gasteiger partial charge in [0.1, 0.15) is 6.07 Å². The molecule has 13 heavy (non-hydrogen) atoms. The minimum atomic E-state index is -3.62. The van der Waals surface area contributed by atoms with Gasteiger partial charge in [-0.3, -0.25) is 4.79 Å². The minimum Gasteiger partial charge on any atom is -0.312 e. The zero-order valence-electron chi connectivity index (χ0n) is 6.60. The van der Waals surface area contributed by atoms with Crippen LogP contribution in [0.2, 0.25) is 0 Å². The van der Waals surface area contributed by atoms with Crippen LogP contribution in [-0.2, 0) is 9.84 Å². The second-order valence-electron chi connectivity index (χ2n) is 2.30. The monoisotopic (exact) mass is 199 g/mol. The van der Waals surface area contributed by atoms with Crippen LogP contribution in [0.5, 0.6) is 0 Å². The number of hydrogen-bond acceptors (Lipinski definition) is 5. The molecular weight excluding hydrogens is 194 g/mol. The van der Waals surface area contributed by atoms with Gasteiger partial charge in [-0.05, 0) is 0 Å². The molecule has 1 aromatic rings. The summed E-state index contributed by atoms with van der Waals surface area (Å²) in [6.07, 6.45) is 1.83. The lowest BCUT2D eigenvalue weighted by molar-refractivity contribution is 0.597. The van der Waals surface area contributed by atoms with Crippen molar-refractivity contribution in [1.29, 1.82) is 5.26 Å². The van der Waals surface area contributed by atoms with Crippen LogP contribution in [0.1, 0.15) is 5.56 Å². The number of hydrogen-bond donors (Lipinski definition) is 1. The molecule has 7 heteroatoms. The summed E-state index contributed by atoms with van der Waals surface area (Å²) in [5.41, 5.74) is -1.23. The van der Waals surface area contributed by atoms with E-state index in [-0.39, 0.29) is 0 Å². The van der Waals surface area contributed by atoms with Gasteiger partial charge in [0.15, 0.2) is 20.4 Å². The Morgan fingerprint density at radius 3 is 2.62 bits per heavy atom. The zero-order valence-corrected chi connectivity index (χ0v) is 7.42. The molecule has 0 aliphatic heterocycles. The quantitative estimate of drug-likeness (QED) is 0.587. The van der Waals surface area contributed by atoms with Gasteiger partial charge in [-0.2, -0.15) is 5.26 Å². The van der Waals surface area contributed by atoms with Gasteiger partial charge in [-0.15, -0.1) is 0 Å². The second kappa shape index (κ2) is 2.99. The molecule has 0 fully saturated rings. The normalized spacial score (nSPS) is 10.8. The third-order valence-corrected chi connectivity index (χ3v) is 2.29. The molecule has 0 aliphatic carbocycles. The van der Waals surface area contributed by atoms with Gasteiger partial charge in [-0.1, -0.05) is 0 Å². The predicted molar refractivity (Wildman–Crippen MR) is 42.7 cm³/mol. The van der Waals surface area contributed by atoms with Crippen molar-refractivity contribution in [2.75, 3.05) is 6.26 Å². The van der Waals surface area contributed by atoms with E-state index in [1.807, 2.05) is 0 Å². The van der Waals surface area contributed by atoms with E-state index in [0.29, 0.717) is 0 Å². The number of H-pyrrole nitrogens is 1. The molecule has 0 atom stereocenters. The fraction of sp³-hybridized carbons (Fsp3) is 0.167. The lowest BCUT2D eigenvalue weighted by atomic mass is 10.4. The standard InChI is InChI=1S/C6H5N3O3S/c1-13(11,12)6-4(2-7)5(10)8-3-9-6/h3H,1H3,(H,8,9,10). The fourth-order valence-electron chi connectivity index (χ4n) is 0.763. The van der Waals surface area contributed by atoms with Crippen LogP contribution in [0.25, 0.3) is 0 Å². The molecule has 1 heterocycles. The molecular formula is C6H5N3O3S. The van der Waals surface area contributed by atoms with Crippen LogP contribution in [0.3, 0.4) is 0 Å². The van der Waals surface area contributed by atoms with Crippen molar-refractivity contribution in [1.82, 2.24) is 9.97 Å². The highest BCUT2D eigenvalue weighted by atomic mass is 32.2. The number of rotatable bonds is 1. The van der Waals surface area contributed by atoms with Gasteiger partial charge in [-0.25, -0.2) is 13.4 Å². The lowest BCUT2D eigenvalue weighted by Gasteiger charge is -1.96. The molecule has 0 bridgehead atoms. The van der Waals surface area contributed by atoms with E-state index in [4.69, 9.17) is 5.26 Å². The van der Waals surface area contributed by atoms with Crippen LogP contribution in [0.15, 0.2) is 16.1 Å². The summed E-state index contributed by atoms with van der Waals surface area (Å²) in [6.45, 7) is 0. The van der Waals surface area contributed by atoms with Crippen LogP contribution in [-0.4, -0.2) is 24.6 Å². The van der Waals surface area contributed by atoms with Gasteiger partial charge < -0.3 is 4.98 Å². The maximum atomic E-state index is 11.0. The molecule has 6 nitrogen and oxygen atoms in total. The van der Waals surface area contributed by atoms with E-state index in [2.05, 4.69) is 9.97 Å². The van der Waals surface area contributed by atoms with E-state index in [1.54, 1.807) is 0 Å². The third kappa shape index (κ3) is 1.73. The highest BCUT2D eigenvalue weighted by Crippen LogP contribution is 2.05. The molecule has 0 aliphatic rings. The van der Waals surface area contributed by atoms with Crippen molar-refractivity contribution >= 4 is 9.84 Å². The van der Waals surface area contributed by atoms with E-state index in [9.17, 15) is 13.2 Å². The maximum absolute atomic E-state index is 11.0. The first-order chi connectivity index (χ1) is 5.96. The predicted octanol–water partition coefficient (Wildman–Crippen LogP) is -0.955. The molecule has 1 N–H and O–H groups in total. The molecule has 0 amide bonds. The molecule has 0 saturated heterocycles. The molecule has 1 rings (SSSR count). The van der Waals surface area contributed by atoms with E-state index < -0.39 is 26.0 Å². The first kappa shape index (κ1) is 9.41. The molecule has 1 aromatic heterocycles. The Morgan fingerprint density at radius 1 is 1.62 bits per heavy atom. The third-order valence-electron chi connectivity index (χ3n) is 1.28. The largest absolute Gasteiger partial charge is 0.312 e. The first-order valence-electron chi connectivity index (χ1n) is 3.14. The van der Waals surface area contributed by atoms with Gasteiger partial charge >= 0.3 is 0 Å². The lowest BCUT2D eigenvalue weighted by Crippen LogP contribution is -2.16. The summed E-state index contributed by atoms with van der Waals surface area (Å²) >= 11 is 0. The summed E-state index contributed by atoms with van der Waals surface area (Å²) in [4.78, 5) is 16.5. The number of aromatic nitrogens is 2. The van der Waals surface area contributed by atoms with Gasteiger partial charge in [0.05, 0.1) is 6.33 Å². The first-order valence-corrected chi connectivity index (χ1v) is 5.04. The van der Waals surface area contributed by atoms with Crippen LogP contribution >= 0.6 is 0 Å².